The number of hydrogen-bond donors (Lipinski definition) is 4. The molecule has 92 valence electrons. The van der Waals surface area contributed by atoms with Crippen molar-refractivity contribution >= 4 is 29.0 Å². The first-order valence-corrected chi connectivity index (χ1v) is 6.36. The molecule has 0 fully saturated rings. The second kappa shape index (κ2) is 5.39. The standard InChI is InChI=1S/C11H15N3O2S/c12-4-8(15)5-13-7-1-2-10-9(3-7)14-11(16)6-17-10/h1-3,8,13,15H,4-6,12H2,(H,14,16). The molecule has 17 heavy (non-hydrogen) atoms. The molecule has 1 unspecified atom stereocenters. The van der Waals surface area contributed by atoms with E-state index in [0.717, 1.165) is 16.3 Å². The van der Waals surface area contributed by atoms with Crippen LogP contribution in [0.4, 0.5) is 11.4 Å². The molecular weight excluding hydrogens is 238 g/mol. The largest absolute Gasteiger partial charge is 0.390 e. The summed E-state index contributed by atoms with van der Waals surface area (Å²) in [6.07, 6.45) is -0.560. The molecule has 0 bridgehead atoms. The SMILES string of the molecule is NCC(O)CNc1ccc2c(c1)NC(=O)CS2. The third-order valence-electron chi connectivity index (χ3n) is 2.43. The molecule has 1 atom stereocenters. The van der Waals surface area contributed by atoms with Crippen LogP contribution in [0.3, 0.4) is 0 Å². The zero-order valence-corrected chi connectivity index (χ0v) is 10.1. The molecule has 5 nitrogen and oxygen atoms in total. The average molecular weight is 253 g/mol. The first kappa shape index (κ1) is 12.2. The van der Waals surface area contributed by atoms with Crippen molar-refractivity contribution in [1.82, 2.24) is 0 Å². The first-order valence-electron chi connectivity index (χ1n) is 5.38. The maximum Gasteiger partial charge on any atom is 0.234 e. The fraction of sp³-hybridized carbons (Fsp3) is 0.364. The Bertz CT molecular complexity index is 425. The van der Waals surface area contributed by atoms with E-state index in [-0.39, 0.29) is 12.5 Å². The fourth-order valence-corrected chi connectivity index (χ4v) is 2.30. The van der Waals surface area contributed by atoms with E-state index in [1.54, 1.807) is 0 Å². The Morgan fingerprint density at radius 3 is 3.18 bits per heavy atom. The number of rotatable bonds is 4. The second-order valence-electron chi connectivity index (χ2n) is 3.82. The number of benzene rings is 1. The summed E-state index contributed by atoms with van der Waals surface area (Å²) in [5, 5.41) is 15.2. The normalized spacial score (nSPS) is 16.0. The molecular formula is C11H15N3O2S. The Morgan fingerprint density at radius 1 is 1.59 bits per heavy atom. The molecule has 1 aromatic carbocycles. The van der Waals surface area contributed by atoms with Crippen LogP contribution in [0.1, 0.15) is 0 Å². The molecule has 0 saturated carbocycles. The topological polar surface area (TPSA) is 87.4 Å². The molecule has 1 aliphatic heterocycles. The predicted molar refractivity (Wildman–Crippen MR) is 69.3 cm³/mol. The number of thioether (sulfide) groups is 1. The van der Waals surface area contributed by atoms with E-state index in [0.29, 0.717) is 12.3 Å². The Morgan fingerprint density at radius 2 is 2.41 bits per heavy atom. The van der Waals surface area contributed by atoms with Crippen molar-refractivity contribution in [2.24, 2.45) is 5.73 Å². The van der Waals surface area contributed by atoms with Gasteiger partial charge in [-0.2, -0.15) is 0 Å². The monoisotopic (exact) mass is 253 g/mol. The zero-order chi connectivity index (χ0) is 12.3. The van der Waals surface area contributed by atoms with E-state index in [1.807, 2.05) is 18.2 Å². The molecule has 1 aliphatic rings. The number of nitrogens with two attached hydrogens (primary N) is 1. The van der Waals surface area contributed by atoms with Gasteiger partial charge in [0.1, 0.15) is 0 Å². The van der Waals surface area contributed by atoms with Gasteiger partial charge >= 0.3 is 0 Å². The summed E-state index contributed by atoms with van der Waals surface area (Å²) in [6.45, 7) is 0.626. The van der Waals surface area contributed by atoms with Crippen molar-refractivity contribution < 1.29 is 9.90 Å². The van der Waals surface area contributed by atoms with E-state index < -0.39 is 6.10 Å². The summed E-state index contributed by atoms with van der Waals surface area (Å²) in [5.74, 6) is 0.479. The summed E-state index contributed by atoms with van der Waals surface area (Å²) in [5.41, 5.74) is 6.99. The van der Waals surface area contributed by atoms with Gasteiger partial charge in [0.05, 0.1) is 17.5 Å². The van der Waals surface area contributed by atoms with Crippen molar-refractivity contribution in [3.8, 4) is 0 Å². The quantitative estimate of drug-likeness (QED) is 0.626. The van der Waals surface area contributed by atoms with Crippen molar-refractivity contribution in [2.45, 2.75) is 11.0 Å². The molecule has 0 aliphatic carbocycles. The van der Waals surface area contributed by atoms with Crippen LogP contribution in [-0.2, 0) is 4.79 Å². The van der Waals surface area contributed by atoms with Crippen molar-refractivity contribution in [2.75, 3.05) is 29.5 Å². The van der Waals surface area contributed by atoms with E-state index in [2.05, 4.69) is 10.6 Å². The van der Waals surface area contributed by atoms with Crippen LogP contribution in [0.25, 0.3) is 0 Å². The van der Waals surface area contributed by atoms with E-state index >= 15 is 0 Å². The van der Waals surface area contributed by atoms with Gasteiger partial charge in [-0.25, -0.2) is 0 Å². The summed E-state index contributed by atoms with van der Waals surface area (Å²) in [4.78, 5) is 12.3. The number of nitrogens with one attached hydrogen (secondary N) is 2. The maximum atomic E-state index is 11.2. The Hall–Kier alpha value is -1.24. The summed E-state index contributed by atoms with van der Waals surface area (Å²) >= 11 is 1.53. The van der Waals surface area contributed by atoms with Crippen molar-refractivity contribution in [1.29, 1.82) is 0 Å². The molecule has 1 aromatic rings. The number of amides is 1. The fourth-order valence-electron chi connectivity index (χ4n) is 1.51. The Balaban J connectivity index is 2.05. The highest BCUT2D eigenvalue weighted by atomic mass is 32.2. The minimum Gasteiger partial charge on any atom is -0.390 e. The highest BCUT2D eigenvalue weighted by molar-refractivity contribution is 8.00. The van der Waals surface area contributed by atoms with Crippen LogP contribution in [0.15, 0.2) is 23.1 Å². The van der Waals surface area contributed by atoms with Crippen LogP contribution in [0.2, 0.25) is 0 Å². The Labute approximate surface area is 104 Å². The highest BCUT2D eigenvalue weighted by Crippen LogP contribution is 2.33. The van der Waals surface area contributed by atoms with Crippen LogP contribution < -0.4 is 16.4 Å². The lowest BCUT2D eigenvalue weighted by Crippen LogP contribution is -2.27. The number of aliphatic hydroxyl groups excluding tert-OH is 1. The third-order valence-corrected chi connectivity index (χ3v) is 3.50. The van der Waals surface area contributed by atoms with Gasteiger partial charge in [0.2, 0.25) is 5.91 Å². The first-order chi connectivity index (χ1) is 8.19. The number of carbonyl (C=O) groups excluding carboxylic acids is 1. The zero-order valence-electron chi connectivity index (χ0n) is 9.27. The average Bonchev–Trinajstić information content (AvgIpc) is 2.35. The van der Waals surface area contributed by atoms with Gasteiger partial charge in [-0.1, -0.05) is 0 Å². The smallest absolute Gasteiger partial charge is 0.234 e. The van der Waals surface area contributed by atoms with Crippen LogP contribution in [-0.4, -0.2) is 36.0 Å². The van der Waals surface area contributed by atoms with Crippen LogP contribution in [0, 0.1) is 0 Å². The van der Waals surface area contributed by atoms with Crippen LogP contribution in [0.5, 0.6) is 0 Å². The van der Waals surface area contributed by atoms with Gasteiger partial charge in [-0.3, -0.25) is 4.79 Å². The second-order valence-corrected chi connectivity index (χ2v) is 4.84. The number of anilines is 2. The molecule has 1 amide bonds. The minimum absolute atomic E-state index is 0.0154. The van der Waals surface area contributed by atoms with Gasteiger partial charge < -0.3 is 21.5 Å². The molecule has 6 heteroatoms. The molecule has 2 rings (SSSR count). The van der Waals surface area contributed by atoms with E-state index in [4.69, 9.17) is 5.73 Å². The third kappa shape index (κ3) is 3.12. The van der Waals surface area contributed by atoms with Crippen molar-refractivity contribution in [3.63, 3.8) is 0 Å². The number of carbonyl (C=O) groups is 1. The highest BCUT2D eigenvalue weighted by Gasteiger charge is 2.15. The summed E-state index contributed by atoms with van der Waals surface area (Å²) < 4.78 is 0. The van der Waals surface area contributed by atoms with Gasteiger partial charge in [0.15, 0.2) is 0 Å². The van der Waals surface area contributed by atoms with Gasteiger partial charge in [0.25, 0.3) is 0 Å². The maximum absolute atomic E-state index is 11.2. The molecule has 0 spiro atoms. The van der Waals surface area contributed by atoms with Gasteiger partial charge in [0, 0.05) is 23.7 Å². The van der Waals surface area contributed by atoms with Crippen LogP contribution >= 0.6 is 11.8 Å². The van der Waals surface area contributed by atoms with Crippen molar-refractivity contribution in [3.05, 3.63) is 18.2 Å². The van der Waals surface area contributed by atoms with Gasteiger partial charge in [-0.05, 0) is 18.2 Å². The molecule has 1 heterocycles. The lowest BCUT2D eigenvalue weighted by molar-refractivity contribution is -0.113. The van der Waals surface area contributed by atoms with E-state index in [9.17, 15) is 9.90 Å². The molecule has 0 saturated heterocycles. The summed E-state index contributed by atoms with van der Waals surface area (Å²) in [7, 11) is 0. The molecule has 0 aromatic heterocycles. The number of fused-ring (bicyclic) bond motifs is 1. The predicted octanol–water partition coefficient (Wildman–Crippen LogP) is 0.462. The lowest BCUT2D eigenvalue weighted by atomic mass is 10.2. The lowest BCUT2D eigenvalue weighted by Gasteiger charge is -2.18. The van der Waals surface area contributed by atoms with E-state index in [1.165, 1.54) is 11.8 Å². The summed E-state index contributed by atoms with van der Waals surface area (Å²) in [6, 6.07) is 5.74. The number of aliphatic hydroxyl groups is 1. The number of hydrogen-bond acceptors (Lipinski definition) is 5. The molecule has 5 N–H and O–H groups in total. The van der Waals surface area contributed by atoms with Gasteiger partial charge in [-0.15, -0.1) is 11.8 Å². The Kier molecular flexibility index (Phi) is 3.88. The minimum atomic E-state index is -0.560. The molecule has 0 radical (unpaired) electrons.